The molecule has 0 spiro atoms. The van der Waals surface area contributed by atoms with E-state index < -0.39 is 0 Å². The Labute approximate surface area is 175 Å². The van der Waals surface area contributed by atoms with Gasteiger partial charge in [0.1, 0.15) is 0 Å². The summed E-state index contributed by atoms with van der Waals surface area (Å²) < 4.78 is 2.06. The van der Waals surface area contributed by atoms with Crippen LogP contribution in [0.1, 0.15) is 22.9 Å². The van der Waals surface area contributed by atoms with Crippen LogP contribution in [-0.4, -0.2) is 22.1 Å². The van der Waals surface area contributed by atoms with Crippen molar-refractivity contribution in [1.29, 1.82) is 0 Å². The lowest BCUT2D eigenvalue weighted by Crippen LogP contribution is -2.36. The summed E-state index contributed by atoms with van der Waals surface area (Å²) in [6.45, 7) is 5.20. The average Bonchev–Trinajstić information content (AvgIpc) is 3.31. The minimum Gasteiger partial charge on any atom is -0.357 e. The summed E-state index contributed by atoms with van der Waals surface area (Å²) in [5, 5.41) is 8.77. The molecule has 0 aliphatic heterocycles. The van der Waals surface area contributed by atoms with E-state index in [0.29, 0.717) is 6.54 Å². The third kappa shape index (κ3) is 6.45. The summed E-state index contributed by atoms with van der Waals surface area (Å²) in [7, 11) is 0. The van der Waals surface area contributed by atoms with Gasteiger partial charge in [-0.3, -0.25) is 0 Å². The number of benzene rings is 1. The fraction of sp³-hybridized carbons (Fsp3) is 0.263. The number of aliphatic imine (C=N–C) groups is 1. The Morgan fingerprint density at radius 3 is 2.81 bits per heavy atom. The van der Waals surface area contributed by atoms with Gasteiger partial charge in [-0.05, 0) is 29.5 Å². The lowest BCUT2D eigenvalue weighted by molar-refractivity contribution is 0.794. The van der Waals surface area contributed by atoms with Gasteiger partial charge in [0.2, 0.25) is 0 Å². The second-order valence-corrected chi connectivity index (χ2v) is 6.72. The van der Waals surface area contributed by atoms with Crippen LogP contribution in [0.25, 0.3) is 0 Å². The number of nitrogens with one attached hydrogen (secondary N) is 2. The molecule has 0 atom stereocenters. The van der Waals surface area contributed by atoms with E-state index in [1.54, 1.807) is 17.5 Å². The van der Waals surface area contributed by atoms with Crippen LogP contribution in [0.5, 0.6) is 0 Å². The SMILES string of the molecule is CCNC(=NCc1cccc(Cn2ccnc2)c1)NCc1cccs1.I. The van der Waals surface area contributed by atoms with Crippen molar-refractivity contribution in [2.75, 3.05) is 6.54 Å². The fourth-order valence-corrected chi connectivity index (χ4v) is 3.16. The first kappa shape index (κ1) is 20.4. The molecule has 0 aliphatic carbocycles. The molecule has 0 bridgehead atoms. The summed E-state index contributed by atoms with van der Waals surface area (Å²) in [5.74, 6) is 0.843. The van der Waals surface area contributed by atoms with Gasteiger partial charge in [0.25, 0.3) is 0 Å². The number of hydrogen-bond donors (Lipinski definition) is 2. The predicted octanol–water partition coefficient (Wildman–Crippen LogP) is 3.87. The predicted molar refractivity (Wildman–Crippen MR) is 119 cm³/mol. The lowest BCUT2D eigenvalue weighted by Gasteiger charge is -2.11. The van der Waals surface area contributed by atoms with Crippen molar-refractivity contribution in [1.82, 2.24) is 20.2 Å². The van der Waals surface area contributed by atoms with E-state index in [-0.39, 0.29) is 24.0 Å². The van der Waals surface area contributed by atoms with Crippen LogP contribution in [0, 0.1) is 0 Å². The van der Waals surface area contributed by atoms with Gasteiger partial charge in [-0.2, -0.15) is 0 Å². The van der Waals surface area contributed by atoms with E-state index in [1.807, 2.05) is 12.5 Å². The van der Waals surface area contributed by atoms with E-state index in [1.165, 1.54) is 16.0 Å². The second kappa shape index (κ2) is 11.0. The molecule has 0 fully saturated rings. The Hall–Kier alpha value is -1.87. The Morgan fingerprint density at radius 2 is 2.08 bits per heavy atom. The summed E-state index contributed by atoms with van der Waals surface area (Å²) in [5.41, 5.74) is 2.45. The molecule has 5 nitrogen and oxygen atoms in total. The first-order valence-electron chi connectivity index (χ1n) is 8.41. The first-order valence-corrected chi connectivity index (χ1v) is 9.29. The number of halogens is 1. The number of rotatable bonds is 7. The zero-order valence-electron chi connectivity index (χ0n) is 14.8. The van der Waals surface area contributed by atoms with Crippen molar-refractivity contribution in [3.8, 4) is 0 Å². The maximum Gasteiger partial charge on any atom is 0.191 e. The average molecular weight is 481 g/mol. The number of nitrogens with zero attached hydrogens (tertiary/aromatic N) is 3. The molecule has 0 saturated heterocycles. The number of thiophene rings is 1. The normalized spacial score (nSPS) is 11.0. The fourth-order valence-electron chi connectivity index (χ4n) is 2.51. The summed E-state index contributed by atoms with van der Waals surface area (Å²) in [4.78, 5) is 10.1. The maximum absolute atomic E-state index is 4.70. The highest BCUT2D eigenvalue weighted by Gasteiger charge is 2.01. The number of imidazole rings is 1. The van der Waals surface area contributed by atoms with Crippen molar-refractivity contribution in [3.05, 3.63) is 76.5 Å². The minimum absolute atomic E-state index is 0. The van der Waals surface area contributed by atoms with Crippen LogP contribution in [0.4, 0.5) is 0 Å². The highest BCUT2D eigenvalue weighted by molar-refractivity contribution is 14.0. The Kier molecular flexibility index (Phi) is 8.63. The van der Waals surface area contributed by atoms with E-state index >= 15 is 0 Å². The van der Waals surface area contributed by atoms with Crippen LogP contribution >= 0.6 is 35.3 Å². The quantitative estimate of drug-likeness (QED) is 0.306. The minimum atomic E-state index is 0. The van der Waals surface area contributed by atoms with Crippen molar-refractivity contribution in [2.45, 2.75) is 26.6 Å². The first-order chi connectivity index (χ1) is 12.3. The largest absolute Gasteiger partial charge is 0.357 e. The molecule has 0 unspecified atom stereocenters. The summed E-state index contributed by atoms with van der Waals surface area (Å²) in [6, 6.07) is 12.7. The Morgan fingerprint density at radius 1 is 1.19 bits per heavy atom. The molecular formula is C19H24IN5S. The van der Waals surface area contributed by atoms with Crippen LogP contribution in [0.15, 0.2) is 65.5 Å². The smallest absolute Gasteiger partial charge is 0.191 e. The van der Waals surface area contributed by atoms with Gasteiger partial charge in [-0.1, -0.05) is 30.3 Å². The molecule has 3 aromatic rings. The highest BCUT2D eigenvalue weighted by atomic mass is 127. The van der Waals surface area contributed by atoms with E-state index in [0.717, 1.165) is 25.6 Å². The van der Waals surface area contributed by atoms with Gasteiger partial charge in [-0.15, -0.1) is 35.3 Å². The molecule has 1 aromatic carbocycles. The standard InChI is InChI=1S/C19H23N5S.HI/c1-2-21-19(23-13-18-7-4-10-25-18)22-12-16-5-3-6-17(11-16)14-24-9-8-20-15-24;/h3-11,15H,2,12-14H2,1H3,(H2,21,22,23);1H. The lowest BCUT2D eigenvalue weighted by atomic mass is 10.1. The van der Waals surface area contributed by atoms with Crippen LogP contribution in [0.2, 0.25) is 0 Å². The van der Waals surface area contributed by atoms with Crippen LogP contribution in [0.3, 0.4) is 0 Å². The third-order valence-electron chi connectivity index (χ3n) is 3.69. The molecule has 2 aromatic heterocycles. The molecule has 7 heteroatoms. The van der Waals surface area contributed by atoms with Gasteiger partial charge in [0, 0.05) is 30.4 Å². The monoisotopic (exact) mass is 481 g/mol. The molecule has 138 valence electrons. The highest BCUT2D eigenvalue weighted by Crippen LogP contribution is 2.09. The van der Waals surface area contributed by atoms with E-state index in [9.17, 15) is 0 Å². The van der Waals surface area contributed by atoms with Crippen LogP contribution in [-0.2, 0) is 19.6 Å². The molecule has 0 aliphatic rings. The molecule has 2 heterocycles. The molecule has 0 amide bonds. The summed E-state index contributed by atoms with van der Waals surface area (Å²) in [6.07, 6.45) is 5.61. The van der Waals surface area contributed by atoms with Crippen molar-refractivity contribution in [2.24, 2.45) is 4.99 Å². The van der Waals surface area contributed by atoms with E-state index in [4.69, 9.17) is 4.99 Å². The van der Waals surface area contributed by atoms with E-state index in [2.05, 4.69) is 68.9 Å². The summed E-state index contributed by atoms with van der Waals surface area (Å²) >= 11 is 1.75. The number of aromatic nitrogens is 2. The molecule has 26 heavy (non-hydrogen) atoms. The third-order valence-corrected chi connectivity index (χ3v) is 4.57. The van der Waals surface area contributed by atoms with Crippen molar-refractivity contribution >= 4 is 41.3 Å². The second-order valence-electron chi connectivity index (χ2n) is 5.68. The van der Waals surface area contributed by atoms with Gasteiger partial charge in [0.05, 0.1) is 19.4 Å². The maximum atomic E-state index is 4.70. The molecular weight excluding hydrogens is 457 g/mol. The topological polar surface area (TPSA) is 54.2 Å². The Bertz CT molecular complexity index is 784. The number of guanidine groups is 1. The zero-order chi connectivity index (χ0) is 17.3. The van der Waals surface area contributed by atoms with Gasteiger partial charge in [0.15, 0.2) is 5.96 Å². The van der Waals surface area contributed by atoms with Gasteiger partial charge in [-0.25, -0.2) is 9.98 Å². The Balaban J connectivity index is 0.00000243. The molecule has 0 saturated carbocycles. The zero-order valence-corrected chi connectivity index (χ0v) is 17.9. The molecule has 3 rings (SSSR count). The van der Waals surface area contributed by atoms with Crippen LogP contribution < -0.4 is 10.6 Å². The van der Waals surface area contributed by atoms with Gasteiger partial charge < -0.3 is 15.2 Å². The van der Waals surface area contributed by atoms with Crippen molar-refractivity contribution < 1.29 is 0 Å². The molecule has 0 radical (unpaired) electrons. The van der Waals surface area contributed by atoms with Gasteiger partial charge >= 0.3 is 0 Å². The molecule has 2 N–H and O–H groups in total. The van der Waals surface area contributed by atoms with Crippen molar-refractivity contribution in [3.63, 3.8) is 0 Å². The number of hydrogen-bond acceptors (Lipinski definition) is 3.